The molecule has 162 valence electrons. The zero-order valence-corrected chi connectivity index (χ0v) is 17.0. The summed E-state index contributed by atoms with van der Waals surface area (Å²) in [6, 6.07) is 5.31. The third-order valence-electron chi connectivity index (χ3n) is 6.72. The van der Waals surface area contributed by atoms with E-state index in [1.54, 1.807) is 0 Å². The van der Waals surface area contributed by atoms with Crippen molar-refractivity contribution in [3.63, 3.8) is 0 Å². The molecule has 1 aromatic carbocycles. The first kappa shape index (κ1) is 20.8. The van der Waals surface area contributed by atoms with E-state index in [0.29, 0.717) is 23.9 Å². The summed E-state index contributed by atoms with van der Waals surface area (Å²) in [5.74, 6) is -1.05. The number of carbonyl (C=O) groups excluding carboxylic acids is 3. The number of esters is 1. The van der Waals surface area contributed by atoms with E-state index in [0.717, 1.165) is 32.1 Å². The molecule has 0 aromatic heterocycles. The van der Waals surface area contributed by atoms with Gasteiger partial charge in [0.25, 0.3) is 5.91 Å². The number of anilines is 1. The van der Waals surface area contributed by atoms with Crippen LogP contribution in [0.5, 0.6) is 0 Å². The van der Waals surface area contributed by atoms with Crippen molar-refractivity contribution in [3.8, 4) is 0 Å². The molecular formula is C22H27FN2O5. The fraction of sp³-hybridized carbons (Fsp3) is 0.591. The molecule has 1 aromatic rings. The van der Waals surface area contributed by atoms with Crippen LogP contribution < -0.4 is 5.32 Å². The summed E-state index contributed by atoms with van der Waals surface area (Å²) in [6.07, 6.45) is 4.41. The summed E-state index contributed by atoms with van der Waals surface area (Å²) in [4.78, 5) is 38.4. The van der Waals surface area contributed by atoms with Gasteiger partial charge in [0.2, 0.25) is 5.91 Å². The number of amides is 2. The lowest BCUT2D eigenvalue weighted by Gasteiger charge is -2.58. The fourth-order valence-corrected chi connectivity index (χ4v) is 5.88. The van der Waals surface area contributed by atoms with Crippen molar-refractivity contribution in [2.75, 3.05) is 25.5 Å². The van der Waals surface area contributed by atoms with Crippen LogP contribution in [0.15, 0.2) is 24.3 Å². The lowest BCUT2D eigenvalue weighted by Crippen LogP contribution is -2.58. The largest absolute Gasteiger partial charge is 0.455 e. The maximum Gasteiger partial charge on any atom is 0.312 e. The highest BCUT2D eigenvalue weighted by Gasteiger charge is 2.60. The van der Waals surface area contributed by atoms with Crippen LogP contribution in [0.3, 0.4) is 0 Å². The van der Waals surface area contributed by atoms with E-state index < -0.39 is 41.2 Å². The van der Waals surface area contributed by atoms with Gasteiger partial charge >= 0.3 is 5.97 Å². The highest BCUT2D eigenvalue weighted by atomic mass is 19.1. The van der Waals surface area contributed by atoms with Crippen LogP contribution >= 0.6 is 0 Å². The Morgan fingerprint density at radius 2 is 1.80 bits per heavy atom. The molecule has 4 aliphatic rings. The normalized spacial score (nSPS) is 31.3. The minimum Gasteiger partial charge on any atom is -0.455 e. The van der Waals surface area contributed by atoms with Crippen molar-refractivity contribution in [1.82, 2.24) is 4.90 Å². The Morgan fingerprint density at radius 3 is 2.40 bits per heavy atom. The SMILES string of the molecule is CN(CC(=O)Nc1ccc(F)cc1)C(=O)COC(=O)C12C[C@@H]3C[C@@H](CC(O)(C3)C1)C2. The molecule has 8 heteroatoms. The Labute approximate surface area is 174 Å². The number of halogens is 1. The molecule has 4 atom stereocenters. The predicted octanol–water partition coefficient (Wildman–Crippen LogP) is 2.10. The summed E-state index contributed by atoms with van der Waals surface area (Å²) in [5, 5.41) is 13.3. The van der Waals surface area contributed by atoms with Gasteiger partial charge in [0, 0.05) is 12.7 Å². The quantitative estimate of drug-likeness (QED) is 0.690. The van der Waals surface area contributed by atoms with Gasteiger partial charge in [0.1, 0.15) is 5.82 Å². The lowest BCUT2D eigenvalue weighted by atomic mass is 9.48. The zero-order chi connectivity index (χ0) is 21.5. The van der Waals surface area contributed by atoms with Gasteiger partial charge in [-0.25, -0.2) is 4.39 Å². The van der Waals surface area contributed by atoms with Crippen molar-refractivity contribution in [2.24, 2.45) is 17.3 Å². The van der Waals surface area contributed by atoms with E-state index in [4.69, 9.17) is 4.74 Å². The average Bonchev–Trinajstić information content (AvgIpc) is 2.65. The van der Waals surface area contributed by atoms with Crippen LogP contribution in [0.25, 0.3) is 0 Å². The van der Waals surface area contributed by atoms with Crippen LogP contribution in [0.1, 0.15) is 38.5 Å². The maximum atomic E-state index is 12.9. The Balaban J connectivity index is 1.27. The lowest BCUT2D eigenvalue weighted by molar-refractivity contribution is -0.196. The molecule has 2 amide bonds. The van der Waals surface area contributed by atoms with Crippen molar-refractivity contribution in [1.29, 1.82) is 0 Å². The third-order valence-corrected chi connectivity index (χ3v) is 6.72. The Kier molecular flexibility index (Phi) is 5.30. The average molecular weight is 418 g/mol. The molecule has 0 aliphatic heterocycles. The smallest absolute Gasteiger partial charge is 0.312 e. The highest BCUT2D eigenvalue weighted by molar-refractivity contribution is 5.94. The van der Waals surface area contributed by atoms with Gasteiger partial charge in [-0.2, -0.15) is 0 Å². The van der Waals surface area contributed by atoms with E-state index >= 15 is 0 Å². The first-order valence-corrected chi connectivity index (χ1v) is 10.4. The number of hydrogen-bond donors (Lipinski definition) is 2. The van der Waals surface area contributed by atoms with Crippen molar-refractivity contribution < 1.29 is 28.6 Å². The Morgan fingerprint density at radius 1 is 1.17 bits per heavy atom. The number of nitrogens with zero attached hydrogens (tertiary/aromatic N) is 1. The minimum atomic E-state index is -0.775. The Hall–Kier alpha value is -2.48. The summed E-state index contributed by atoms with van der Waals surface area (Å²) in [5.41, 5.74) is -1.03. The molecule has 4 fully saturated rings. The van der Waals surface area contributed by atoms with Crippen LogP contribution in [0.4, 0.5) is 10.1 Å². The van der Waals surface area contributed by atoms with Crippen molar-refractivity contribution in [3.05, 3.63) is 30.1 Å². The van der Waals surface area contributed by atoms with E-state index in [1.165, 1.54) is 36.2 Å². The predicted molar refractivity (Wildman–Crippen MR) is 106 cm³/mol. The van der Waals surface area contributed by atoms with Gasteiger partial charge in [-0.3, -0.25) is 14.4 Å². The second-order valence-corrected chi connectivity index (χ2v) is 9.35. The van der Waals surface area contributed by atoms with Crippen LogP contribution in [-0.2, 0) is 19.1 Å². The van der Waals surface area contributed by atoms with Gasteiger partial charge < -0.3 is 20.1 Å². The maximum absolute atomic E-state index is 12.9. The number of hydrogen-bond acceptors (Lipinski definition) is 5. The summed E-state index contributed by atoms with van der Waals surface area (Å²) in [6.45, 7) is -0.655. The van der Waals surface area contributed by atoms with Gasteiger partial charge in [-0.15, -0.1) is 0 Å². The highest BCUT2D eigenvalue weighted by Crippen LogP contribution is 2.61. The standard InChI is InChI=1S/C22H27FN2O5/c1-25(11-18(26)24-17-4-2-16(23)3-5-17)19(27)12-30-20(28)21-7-14-6-15(8-21)10-22(29,9-14)13-21/h2-5,14-15,29H,6-13H2,1H3,(H,24,26)/t14-,15+,21?,22?. The first-order chi connectivity index (χ1) is 14.2. The molecule has 30 heavy (non-hydrogen) atoms. The van der Waals surface area contributed by atoms with Crippen molar-refractivity contribution >= 4 is 23.5 Å². The molecule has 5 rings (SSSR count). The number of benzene rings is 1. The van der Waals surface area contributed by atoms with Gasteiger partial charge in [-0.1, -0.05) is 0 Å². The van der Waals surface area contributed by atoms with E-state index in [1.807, 2.05) is 0 Å². The Bertz CT molecular complexity index is 842. The molecule has 4 saturated carbocycles. The molecule has 4 bridgehead atoms. The molecule has 0 radical (unpaired) electrons. The second-order valence-electron chi connectivity index (χ2n) is 9.35. The number of nitrogens with one attached hydrogen (secondary N) is 1. The minimum absolute atomic E-state index is 0.219. The van der Waals surface area contributed by atoms with Crippen LogP contribution in [0, 0.1) is 23.1 Å². The van der Waals surface area contributed by atoms with Crippen LogP contribution in [0.2, 0.25) is 0 Å². The molecule has 0 heterocycles. The monoisotopic (exact) mass is 418 g/mol. The topological polar surface area (TPSA) is 95.9 Å². The number of rotatable bonds is 6. The van der Waals surface area contributed by atoms with Crippen LogP contribution in [-0.4, -0.2) is 53.6 Å². The summed E-state index contributed by atoms with van der Waals surface area (Å²) < 4.78 is 18.3. The van der Waals surface area contributed by atoms with Gasteiger partial charge in [0.05, 0.1) is 17.6 Å². The summed E-state index contributed by atoms with van der Waals surface area (Å²) in [7, 11) is 1.45. The van der Waals surface area contributed by atoms with Gasteiger partial charge in [-0.05, 0) is 74.6 Å². The van der Waals surface area contributed by atoms with E-state index in [2.05, 4.69) is 5.32 Å². The van der Waals surface area contributed by atoms with E-state index in [9.17, 15) is 23.9 Å². The first-order valence-electron chi connectivity index (χ1n) is 10.4. The zero-order valence-electron chi connectivity index (χ0n) is 17.0. The number of ether oxygens (including phenoxy) is 1. The molecule has 4 aliphatic carbocycles. The second kappa shape index (κ2) is 7.65. The van der Waals surface area contributed by atoms with E-state index in [-0.39, 0.29) is 6.54 Å². The molecule has 2 N–H and O–H groups in total. The van der Waals surface area contributed by atoms with Crippen molar-refractivity contribution in [2.45, 2.75) is 44.1 Å². The van der Waals surface area contributed by atoms with Gasteiger partial charge in [0.15, 0.2) is 6.61 Å². The third kappa shape index (κ3) is 4.19. The molecule has 2 unspecified atom stereocenters. The number of carbonyl (C=O) groups is 3. The number of aliphatic hydroxyl groups is 1. The molecular weight excluding hydrogens is 391 g/mol. The molecule has 0 saturated heterocycles. The molecule has 0 spiro atoms. The molecule has 7 nitrogen and oxygen atoms in total. The fourth-order valence-electron chi connectivity index (χ4n) is 5.88. The number of likely N-dealkylation sites (N-methyl/N-ethyl adjacent to an activating group) is 1. The summed E-state index contributed by atoms with van der Waals surface area (Å²) >= 11 is 0.